The van der Waals surface area contributed by atoms with Gasteiger partial charge in [0.1, 0.15) is 0 Å². The SMILES string of the molecule is CN(C(=O)c1cccc(C#N)c1)C(C)(C)CO. The van der Waals surface area contributed by atoms with Crippen molar-refractivity contribution < 1.29 is 9.90 Å². The van der Waals surface area contributed by atoms with Crippen LogP contribution in [0, 0.1) is 11.3 Å². The molecule has 0 atom stereocenters. The molecule has 0 unspecified atom stereocenters. The van der Waals surface area contributed by atoms with Crippen molar-refractivity contribution in [1.82, 2.24) is 4.90 Å². The lowest BCUT2D eigenvalue weighted by Crippen LogP contribution is -2.47. The molecule has 1 rings (SSSR count). The molecule has 1 aromatic carbocycles. The standard InChI is InChI=1S/C13H16N2O2/c1-13(2,9-16)15(3)12(17)11-6-4-5-10(7-11)8-14/h4-7,16H,9H2,1-3H3. The summed E-state index contributed by atoms with van der Waals surface area (Å²) in [7, 11) is 1.64. The number of carbonyl (C=O) groups is 1. The zero-order valence-electron chi connectivity index (χ0n) is 10.3. The van der Waals surface area contributed by atoms with Crippen LogP contribution in [0.4, 0.5) is 0 Å². The summed E-state index contributed by atoms with van der Waals surface area (Å²) in [6.45, 7) is 3.44. The minimum atomic E-state index is -0.625. The Labute approximate surface area is 101 Å². The Kier molecular flexibility index (Phi) is 3.87. The van der Waals surface area contributed by atoms with Crippen molar-refractivity contribution in [2.24, 2.45) is 0 Å². The fourth-order valence-electron chi connectivity index (χ4n) is 1.30. The molecule has 0 radical (unpaired) electrons. The van der Waals surface area contributed by atoms with Gasteiger partial charge in [-0.25, -0.2) is 0 Å². The highest BCUT2D eigenvalue weighted by Gasteiger charge is 2.27. The molecule has 4 nitrogen and oxygen atoms in total. The average Bonchev–Trinajstić information content (AvgIpc) is 2.37. The molecule has 0 aliphatic carbocycles. The van der Waals surface area contributed by atoms with E-state index in [0.717, 1.165) is 0 Å². The van der Waals surface area contributed by atoms with Gasteiger partial charge in [0.25, 0.3) is 5.91 Å². The number of rotatable bonds is 3. The third kappa shape index (κ3) is 2.83. The second kappa shape index (κ2) is 4.98. The van der Waals surface area contributed by atoms with Crippen molar-refractivity contribution in [2.45, 2.75) is 19.4 Å². The lowest BCUT2D eigenvalue weighted by Gasteiger charge is -2.34. The smallest absolute Gasteiger partial charge is 0.254 e. The van der Waals surface area contributed by atoms with E-state index in [-0.39, 0.29) is 12.5 Å². The number of benzene rings is 1. The lowest BCUT2D eigenvalue weighted by molar-refractivity contribution is 0.0473. The predicted molar refractivity (Wildman–Crippen MR) is 64.4 cm³/mol. The largest absolute Gasteiger partial charge is 0.394 e. The maximum absolute atomic E-state index is 12.1. The van der Waals surface area contributed by atoms with Crippen LogP contribution in [-0.4, -0.2) is 35.1 Å². The van der Waals surface area contributed by atoms with E-state index in [1.54, 1.807) is 45.2 Å². The minimum absolute atomic E-state index is 0.118. The summed E-state index contributed by atoms with van der Waals surface area (Å²) in [5, 5.41) is 18.0. The highest BCUT2D eigenvalue weighted by atomic mass is 16.3. The van der Waals surface area contributed by atoms with E-state index in [9.17, 15) is 9.90 Å². The average molecular weight is 232 g/mol. The molecule has 0 fully saturated rings. The van der Waals surface area contributed by atoms with Crippen molar-refractivity contribution in [3.8, 4) is 6.07 Å². The van der Waals surface area contributed by atoms with E-state index in [1.807, 2.05) is 6.07 Å². The molecule has 0 aromatic heterocycles. The molecule has 0 saturated heterocycles. The van der Waals surface area contributed by atoms with E-state index < -0.39 is 5.54 Å². The molecular formula is C13H16N2O2. The molecule has 0 aliphatic heterocycles. The summed E-state index contributed by atoms with van der Waals surface area (Å²) in [5.74, 6) is -0.207. The second-order valence-electron chi connectivity index (χ2n) is 4.53. The molecule has 17 heavy (non-hydrogen) atoms. The number of carbonyl (C=O) groups excluding carboxylic acids is 1. The number of aliphatic hydroxyl groups is 1. The van der Waals surface area contributed by atoms with Crippen LogP contribution < -0.4 is 0 Å². The number of likely N-dealkylation sites (N-methyl/N-ethyl adjacent to an activating group) is 1. The molecule has 0 spiro atoms. The second-order valence-corrected chi connectivity index (χ2v) is 4.53. The normalized spacial score (nSPS) is 10.8. The van der Waals surface area contributed by atoms with Gasteiger partial charge in [-0.2, -0.15) is 5.26 Å². The number of amides is 1. The van der Waals surface area contributed by atoms with Gasteiger partial charge in [0.15, 0.2) is 0 Å². The van der Waals surface area contributed by atoms with Gasteiger partial charge in [-0.1, -0.05) is 6.07 Å². The first-order valence-electron chi connectivity index (χ1n) is 5.31. The molecule has 0 aliphatic rings. The monoisotopic (exact) mass is 232 g/mol. The van der Waals surface area contributed by atoms with Crippen molar-refractivity contribution >= 4 is 5.91 Å². The van der Waals surface area contributed by atoms with Crippen LogP contribution in [0.15, 0.2) is 24.3 Å². The molecule has 1 amide bonds. The summed E-state index contributed by atoms with van der Waals surface area (Å²) in [6.07, 6.45) is 0. The Morgan fingerprint density at radius 1 is 1.53 bits per heavy atom. The molecule has 1 aromatic rings. The Morgan fingerprint density at radius 2 is 2.18 bits per heavy atom. The highest BCUT2D eigenvalue weighted by molar-refractivity contribution is 5.94. The fraction of sp³-hybridized carbons (Fsp3) is 0.385. The molecule has 1 N–H and O–H groups in total. The van der Waals surface area contributed by atoms with Gasteiger partial charge in [-0.15, -0.1) is 0 Å². The Balaban J connectivity index is 3.01. The van der Waals surface area contributed by atoms with Gasteiger partial charge in [0, 0.05) is 12.6 Å². The van der Waals surface area contributed by atoms with Crippen LogP contribution in [-0.2, 0) is 0 Å². The number of nitriles is 1. The quantitative estimate of drug-likeness (QED) is 0.856. The van der Waals surface area contributed by atoms with E-state index in [1.165, 1.54) is 4.90 Å². The van der Waals surface area contributed by atoms with Crippen LogP contribution >= 0.6 is 0 Å². The molecular weight excluding hydrogens is 216 g/mol. The number of hydrogen-bond donors (Lipinski definition) is 1. The summed E-state index contributed by atoms with van der Waals surface area (Å²) in [4.78, 5) is 13.6. The maximum atomic E-state index is 12.1. The van der Waals surface area contributed by atoms with Gasteiger partial charge in [-0.05, 0) is 32.0 Å². The van der Waals surface area contributed by atoms with E-state index in [2.05, 4.69) is 0 Å². The minimum Gasteiger partial charge on any atom is -0.394 e. The van der Waals surface area contributed by atoms with Gasteiger partial charge in [-0.3, -0.25) is 4.79 Å². The predicted octanol–water partition coefficient (Wildman–Crippen LogP) is 1.40. The van der Waals surface area contributed by atoms with Crippen LogP contribution in [0.1, 0.15) is 29.8 Å². The lowest BCUT2D eigenvalue weighted by atomic mass is 10.0. The molecule has 90 valence electrons. The van der Waals surface area contributed by atoms with Crippen LogP contribution in [0.25, 0.3) is 0 Å². The Bertz CT molecular complexity index is 461. The number of aliphatic hydroxyl groups excluding tert-OH is 1. The van der Waals surface area contributed by atoms with Gasteiger partial charge in [0.05, 0.1) is 23.8 Å². The van der Waals surface area contributed by atoms with E-state index >= 15 is 0 Å². The number of hydrogen-bond acceptors (Lipinski definition) is 3. The summed E-state index contributed by atoms with van der Waals surface area (Å²) >= 11 is 0. The fourth-order valence-corrected chi connectivity index (χ4v) is 1.30. The van der Waals surface area contributed by atoms with Gasteiger partial charge in [0.2, 0.25) is 0 Å². The molecule has 0 saturated carbocycles. The Morgan fingerprint density at radius 3 is 2.71 bits per heavy atom. The zero-order valence-corrected chi connectivity index (χ0v) is 10.3. The van der Waals surface area contributed by atoms with E-state index in [0.29, 0.717) is 11.1 Å². The molecule has 0 heterocycles. The molecule has 4 heteroatoms. The maximum Gasteiger partial charge on any atom is 0.254 e. The van der Waals surface area contributed by atoms with Crippen molar-refractivity contribution in [3.63, 3.8) is 0 Å². The highest BCUT2D eigenvalue weighted by Crippen LogP contribution is 2.15. The van der Waals surface area contributed by atoms with Crippen LogP contribution in [0.2, 0.25) is 0 Å². The zero-order chi connectivity index (χ0) is 13.1. The van der Waals surface area contributed by atoms with Crippen molar-refractivity contribution in [2.75, 3.05) is 13.7 Å². The first kappa shape index (κ1) is 13.2. The summed E-state index contributed by atoms with van der Waals surface area (Å²) in [6, 6.07) is 8.52. The Hall–Kier alpha value is -1.86. The topological polar surface area (TPSA) is 64.3 Å². The van der Waals surface area contributed by atoms with E-state index in [4.69, 9.17) is 5.26 Å². The van der Waals surface area contributed by atoms with Crippen LogP contribution in [0.5, 0.6) is 0 Å². The first-order chi connectivity index (χ1) is 7.92. The van der Waals surface area contributed by atoms with Crippen molar-refractivity contribution in [3.05, 3.63) is 35.4 Å². The third-order valence-corrected chi connectivity index (χ3v) is 2.84. The third-order valence-electron chi connectivity index (χ3n) is 2.84. The van der Waals surface area contributed by atoms with Crippen LogP contribution in [0.3, 0.4) is 0 Å². The number of nitrogens with zero attached hydrogens (tertiary/aromatic N) is 2. The first-order valence-corrected chi connectivity index (χ1v) is 5.31. The summed E-state index contributed by atoms with van der Waals surface area (Å²) < 4.78 is 0. The summed E-state index contributed by atoms with van der Waals surface area (Å²) in [5.41, 5.74) is 0.277. The van der Waals surface area contributed by atoms with Gasteiger partial charge >= 0.3 is 0 Å². The van der Waals surface area contributed by atoms with Gasteiger partial charge < -0.3 is 10.0 Å². The molecule has 0 bridgehead atoms. The van der Waals surface area contributed by atoms with Crippen molar-refractivity contribution in [1.29, 1.82) is 5.26 Å².